The number of hydrogen-bond donors (Lipinski definition) is 2. The molecule has 654 valence electrons. The molecule has 16 heteroatoms. The van der Waals surface area contributed by atoms with Gasteiger partial charge in [-0.3, -0.25) is 9.59 Å². The largest absolute Gasteiger partial charge is 0.327 e. The van der Waals surface area contributed by atoms with Crippen molar-refractivity contribution in [3.05, 3.63) is 330 Å². The van der Waals surface area contributed by atoms with E-state index in [1.165, 1.54) is 66.7 Å². The lowest BCUT2D eigenvalue weighted by molar-refractivity contribution is 0.408. The van der Waals surface area contributed by atoms with Crippen LogP contribution >= 0.6 is 55.0 Å². The first-order valence-corrected chi connectivity index (χ1v) is 50.5. The van der Waals surface area contributed by atoms with Gasteiger partial charge in [0.1, 0.15) is 26.3 Å². The summed E-state index contributed by atoms with van der Waals surface area (Å²) in [6.07, 6.45) is 11.2. The van der Waals surface area contributed by atoms with Crippen LogP contribution in [0.3, 0.4) is 0 Å². The second-order valence-corrected chi connectivity index (χ2v) is 55.6. The quantitative estimate of drug-likeness (QED) is 0.102. The SMILES string of the molecule is C.C=C(I)P(=S)(I)P=S.CC#Cc1c[nH]c(=O)c2ccccc12.CC#Cc1c[nH]c(=O)c2ccccc12.CC(C)(C)c1cccc(F)c1.CC(C)(C)c1cccc(F)c1.CC(C)(C)n1ccc2cccnc21.CC(C)(C)n1ccc2cccnc21.CC(C)C.CC(C)C.Cc1cc(C(C)(C)C)cc2ccccc12.Cc1cc(C(C)(C)C)cc2ccccc12. The predicted molar refractivity (Wildman–Crippen MR) is 562 cm³/mol. The number of halogens is 4. The summed E-state index contributed by atoms with van der Waals surface area (Å²) < 4.78 is 29.5. The van der Waals surface area contributed by atoms with Crippen LogP contribution in [0.5, 0.6) is 0 Å². The average Bonchev–Trinajstić information content (AvgIpc) is 1.13. The second kappa shape index (κ2) is 49.9. The minimum absolute atomic E-state index is 0. The minimum atomic E-state index is -1.36. The van der Waals surface area contributed by atoms with Gasteiger partial charge in [0.2, 0.25) is 0 Å². The molecular formula is C107H134F2I2N6O2P2S2. The van der Waals surface area contributed by atoms with Crippen molar-refractivity contribution < 1.29 is 8.78 Å². The number of nitrogens with zero attached hydrogens (tertiary/aromatic N) is 4. The highest BCUT2D eigenvalue weighted by molar-refractivity contribution is 14.2. The molecule has 8 nitrogen and oxygen atoms in total. The van der Waals surface area contributed by atoms with E-state index in [-0.39, 0.29) is 62.9 Å². The van der Waals surface area contributed by atoms with Crippen molar-refractivity contribution in [3.63, 3.8) is 0 Å². The van der Waals surface area contributed by atoms with Crippen LogP contribution in [0, 0.1) is 61.0 Å². The first kappa shape index (κ1) is 109. The number of pyridine rings is 4. The number of nitrogens with one attached hydrogen (secondary N) is 2. The molecule has 0 aliphatic heterocycles. The van der Waals surface area contributed by atoms with Crippen LogP contribution in [-0.4, -0.2) is 29.1 Å². The molecule has 0 spiro atoms. The third-order valence-electron chi connectivity index (χ3n) is 18.1. The number of aromatic nitrogens is 6. The summed E-state index contributed by atoms with van der Waals surface area (Å²) in [6.45, 7) is 63.8. The second-order valence-electron chi connectivity index (χ2n) is 36.9. The van der Waals surface area contributed by atoms with Gasteiger partial charge in [-0.25, -0.2) is 18.7 Å². The molecule has 123 heavy (non-hydrogen) atoms. The van der Waals surface area contributed by atoms with Crippen molar-refractivity contribution in [2.45, 2.75) is 234 Å². The van der Waals surface area contributed by atoms with E-state index < -0.39 is 3.37 Å². The molecule has 8 aromatic carbocycles. The van der Waals surface area contributed by atoms with Gasteiger partial charge in [0.05, 0.1) is 0 Å². The number of aromatic amines is 2. The molecule has 1 unspecified atom stereocenters. The zero-order chi connectivity index (χ0) is 91.9. The van der Waals surface area contributed by atoms with E-state index in [0.29, 0.717) is 10.8 Å². The van der Waals surface area contributed by atoms with Gasteiger partial charge in [-0.15, -0.1) is 11.8 Å². The Morgan fingerprint density at radius 3 is 0.992 bits per heavy atom. The topological polar surface area (TPSA) is 101 Å². The average molecular weight is 1950 g/mol. The molecule has 6 aromatic heterocycles. The van der Waals surface area contributed by atoms with Gasteiger partial charge in [0.15, 0.2) is 0 Å². The van der Waals surface area contributed by atoms with Gasteiger partial charge in [0.25, 0.3) is 11.1 Å². The summed E-state index contributed by atoms with van der Waals surface area (Å²) in [5, 5.41) is 11.0. The Bertz CT molecular complexity index is 5700. The van der Waals surface area contributed by atoms with Gasteiger partial charge in [0, 0.05) is 102 Å². The third-order valence-corrected chi connectivity index (χ3v) is 38.2. The Balaban J connectivity index is 0.000000354. The van der Waals surface area contributed by atoms with Gasteiger partial charge < -0.3 is 19.1 Å². The van der Waals surface area contributed by atoms with Crippen molar-refractivity contribution in [2.75, 3.05) is 0 Å². The smallest absolute Gasteiger partial charge is 0.255 e. The summed E-state index contributed by atoms with van der Waals surface area (Å²) in [4.78, 5) is 36.9. The highest BCUT2D eigenvalue weighted by Crippen LogP contribution is 2.73. The maximum Gasteiger partial charge on any atom is 0.255 e. The van der Waals surface area contributed by atoms with Crippen molar-refractivity contribution in [3.8, 4) is 23.7 Å². The van der Waals surface area contributed by atoms with Crippen molar-refractivity contribution in [1.82, 2.24) is 29.1 Å². The molecule has 0 saturated carbocycles. The van der Waals surface area contributed by atoms with Crippen LogP contribution in [0.25, 0.3) is 65.2 Å². The fourth-order valence-electron chi connectivity index (χ4n) is 11.7. The fourth-order valence-corrected chi connectivity index (χ4v) is 15.3. The van der Waals surface area contributed by atoms with Crippen LogP contribution in [0.2, 0.25) is 0 Å². The zero-order valence-corrected chi connectivity index (χ0v) is 85.0. The fraction of sp³-hybridized carbons (Fsp3) is 0.346. The van der Waals surface area contributed by atoms with Crippen molar-refractivity contribution in [2.24, 2.45) is 11.8 Å². The van der Waals surface area contributed by atoms with Gasteiger partial charge in [-0.2, -0.15) is 0 Å². The van der Waals surface area contributed by atoms with Crippen molar-refractivity contribution in [1.29, 1.82) is 0 Å². The molecule has 0 aliphatic carbocycles. The molecule has 0 radical (unpaired) electrons. The minimum Gasteiger partial charge on any atom is -0.327 e. The van der Waals surface area contributed by atoms with Crippen LogP contribution in [0.1, 0.15) is 232 Å². The van der Waals surface area contributed by atoms with E-state index in [1.54, 1.807) is 62.6 Å². The first-order chi connectivity index (χ1) is 56.8. The Hall–Kier alpha value is -8.57. The Morgan fingerprint density at radius 2 is 0.732 bits per heavy atom. The normalized spacial score (nSPS) is 11.5. The van der Waals surface area contributed by atoms with E-state index in [1.807, 2.05) is 73.1 Å². The van der Waals surface area contributed by atoms with E-state index in [4.69, 9.17) is 23.6 Å². The van der Waals surface area contributed by atoms with E-state index >= 15 is 0 Å². The summed E-state index contributed by atoms with van der Waals surface area (Å²) in [6, 6.07) is 67.1. The number of aryl methyl sites for hydroxylation is 2. The lowest BCUT2D eigenvalue weighted by Crippen LogP contribution is -2.20. The van der Waals surface area contributed by atoms with E-state index in [0.717, 1.165) is 66.5 Å². The molecule has 1 atom stereocenters. The lowest BCUT2D eigenvalue weighted by atomic mass is 9.84. The van der Waals surface area contributed by atoms with E-state index in [9.17, 15) is 18.4 Å². The van der Waals surface area contributed by atoms with Gasteiger partial charge in [-0.05, 0) is 275 Å². The zero-order valence-electron chi connectivity index (χ0n) is 77.3. The highest BCUT2D eigenvalue weighted by atomic mass is 127. The van der Waals surface area contributed by atoms with Gasteiger partial charge >= 0.3 is 0 Å². The summed E-state index contributed by atoms with van der Waals surface area (Å²) in [7, 11) is 0.889. The first-order valence-electron chi connectivity index (χ1n) is 41.2. The standard InChI is InChI=1S/2C15H18.2C12H9NO.2C11H14N2.2C10H13F.2C4H10.C2H2I2P2S2.CH4/c2*1-11-9-13(15(2,3)4)10-12-7-5-6-8-14(11)12;2*1-2-5-9-8-13-12(14)11-7-4-3-6-10(9)11;2*1-11(2,3)13-8-6-9-5-4-7-12-10(9)13;2*1-10(2,3)8-5-4-6-9(11)7-8;2*1-4(2)3;1-2(3)6(4,8)5-7;/h2*5-10H,1-4H3;2*3-4,6-8H,1H3,(H,13,14);2*4-8H,1-3H3;2*4-7H,1-3H3;2*4H,1-3H3;1H2;1H4. The molecule has 14 rings (SSSR count). The molecule has 2 N–H and O–H groups in total. The maximum absolute atomic E-state index is 12.7. The maximum atomic E-state index is 12.7. The molecular weight excluding hydrogens is 1820 g/mol. The number of hydrogen-bond acceptors (Lipinski definition) is 6. The Labute approximate surface area is 774 Å². The number of fused-ring (bicyclic) bond motifs is 6. The monoisotopic (exact) mass is 1950 g/mol. The molecule has 0 fully saturated rings. The molecule has 14 aromatic rings. The van der Waals surface area contributed by atoms with Crippen molar-refractivity contribution >= 4 is 144 Å². The Kier molecular flexibility index (Phi) is 44.1. The molecule has 0 aliphatic rings. The number of rotatable bonds is 2. The molecule has 0 bridgehead atoms. The third kappa shape index (κ3) is 36.5. The molecule has 6 heterocycles. The Morgan fingerprint density at radius 1 is 0.439 bits per heavy atom. The van der Waals surface area contributed by atoms with Crippen LogP contribution in [0.15, 0.2) is 263 Å². The molecule has 0 amide bonds. The summed E-state index contributed by atoms with van der Waals surface area (Å²) in [5.74, 6) is 12.9. The van der Waals surface area contributed by atoms with Gasteiger partial charge in [-0.1, -0.05) is 308 Å². The predicted octanol–water partition coefficient (Wildman–Crippen LogP) is 32.5. The summed E-state index contributed by atoms with van der Waals surface area (Å²) >= 11 is 14.3. The number of benzene rings is 8. The van der Waals surface area contributed by atoms with Crippen LogP contribution in [-0.2, 0) is 56.4 Å². The van der Waals surface area contributed by atoms with E-state index in [2.05, 4.69) is 393 Å². The van der Waals surface area contributed by atoms with Crippen LogP contribution in [0.4, 0.5) is 8.78 Å². The highest BCUT2D eigenvalue weighted by Gasteiger charge is 2.20. The summed E-state index contributed by atoms with van der Waals surface area (Å²) in [5.41, 5.74) is 12.1. The lowest BCUT2D eigenvalue weighted by Gasteiger charge is -2.21. The molecule has 0 saturated heterocycles. The van der Waals surface area contributed by atoms with Crippen LogP contribution < -0.4 is 11.1 Å². The number of H-pyrrole nitrogens is 2.